The van der Waals surface area contributed by atoms with Crippen LogP contribution in [0.15, 0.2) is 34.4 Å². The van der Waals surface area contributed by atoms with Crippen molar-refractivity contribution in [2.75, 3.05) is 13.1 Å². The number of hydrogen-bond acceptors (Lipinski definition) is 7. The van der Waals surface area contributed by atoms with E-state index in [1.807, 2.05) is 23.7 Å². The van der Waals surface area contributed by atoms with Gasteiger partial charge in [0.15, 0.2) is 0 Å². The fraction of sp³-hybridized carbons (Fsp3) is 0.526. The first-order valence-electron chi connectivity index (χ1n) is 9.56. The predicted octanol–water partition coefficient (Wildman–Crippen LogP) is 2.67. The third kappa shape index (κ3) is 7.04. The van der Waals surface area contributed by atoms with Crippen LogP contribution in [0.25, 0.3) is 0 Å². The molecule has 2 saturated heterocycles. The first kappa shape index (κ1) is 23.2. The number of rotatable bonds is 6. The van der Waals surface area contributed by atoms with Crippen molar-refractivity contribution in [3.63, 3.8) is 0 Å². The minimum atomic E-state index is -5.08. The van der Waals surface area contributed by atoms with Gasteiger partial charge < -0.3 is 19.6 Å². The van der Waals surface area contributed by atoms with Crippen molar-refractivity contribution in [3.8, 4) is 0 Å². The number of carbonyl (C=O) groups excluding carboxylic acids is 1. The molecule has 0 bridgehead atoms. The standard InChI is InChI=1S/C17H21N3O3S.C2HF3O2/c21-16(19-8-13-2-1-4-22-13)7-14-6-12-9-20(10-15(12)23-14)11-17-18-3-5-24-17;3-2(4,5)1(6)7/h1-5,12,14-15H,6-11H2,(H,19,21);(H,6,7)/t12-,14+,15+;/m0./s1. The van der Waals surface area contributed by atoms with Gasteiger partial charge in [-0.2, -0.15) is 13.2 Å². The van der Waals surface area contributed by atoms with Crippen molar-refractivity contribution < 1.29 is 37.0 Å². The number of carboxylic acid groups (broad SMARTS) is 1. The Morgan fingerprint density at radius 1 is 1.35 bits per heavy atom. The molecule has 2 aliphatic heterocycles. The van der Waals surface area contributed by atoms with Crippen LogP contribution in [0.3, 0.4) is 0 Å². The summed E-state index contributed by atoms with van der Waals surface area (Å²) in [7, 11) is 0. The molecule has 8 nitrogen and oxygen atoms in total. The van der Waals surface area contributed by atoms with Gasteiger partial charge in [0.25, 0.3) is 0 Å². The minimum Gasteiger partial charge on any atom is -0.475 e. The first-order chi connectivity index (χ1) is 14.7. The Morgan fingerprint density at radius 3 is 2.71 bits per heavy atom. The van der Waals surface area contributed by atoms with Gasteiger partial charge in [0.2, 0.25) is 5.91 Å². The van der Waals surface area contributed by atoms with Gasteiger partial charge in [0.05, 0.1) is 38.0 Å². The van der Waals surface area contributed by atoms with E-state index in [1.54, 1.807) is 17.6 Å². The topological polar surface area (TPSA) is 105 Å². The van der Waals surface area contributed by atoms with E-state index < -0.39 is 12.1 Å². The van der Waals surface area contributed by atoms with Crippen LogP contribution in [0.2, 0.25) is 0 Å². The number of aliphatic carboxylic acids is 1. The Labute approximate surface area is 180 Å². The van der Waals surface area contributed by atoms with Gasteiger partial charge in [-0.3, -0.25) is 9.69 Å². The molecule has 0 unspecified atom stereocenters. The first-order valence-corrected chi connectivity index (χ1v) is 10.4. The number of likely N-dealkylation sites (tertiary alicyclic amines) is 1. The summed E-state index contributed by atoms with van der Waals surface area (Å²) in [4.78, 5) is 27.7. The molecule has 0 saturated carbocycles. The number of carboxylic acids is 1. The van der Waals surface area contributed by atoms with Gasteiger partial charge in [0, 0.05) is 30.6 Å². The van der Waals surface area contributed by atoms with Crippen molar-refractivity contribution in [2.45, 2.75) is 44.3 Å². The maximum absolute atomic E-state index is 12.0. The summed E-state index contributed by atoms with van der Waals surface area (Å²) in [6.07, 6.45) is 0.0738. The Bertz CT molecular complexity index is 831. The number of amides is 1. The third-order valence-corrected chi connectivity index (χ3v) is 5.69. The molecule has 2 fully saturated rings. The number of aromatic nitrogens is 1. The van der Waals surface area contributed by atoms with Crippen LogP contribution >= 0.6 is 11.3 Å². The molecular formula is C19H22F3N3O5S. The molecular weight excluding hydrogens is 439 g/mol. The third-order valence-electron chi connectivity index (χ3n) is 4.93. The monoisotopic (exact) mass is 461 g/mol. The molecule has 170 valence electrons. The van der Waals surface area contributed by atoms with Gasteiger partial charge in [-0.15, -0.1) is 11.3 Å². The predicted molar refractivity (Wildman–Crippen MR) is 103 cm³/mol. The summed E-state index contributed by atoms with van der Waals surface area (Å²) in [6, 6.07) is 3.67. The second-order valence-corrected chi connectivity index (χ2v) is 8.25. The van der Waals surface area contributed by atoms with Crippen LogP contribution in [0.4, 0.5) is 13.2 Å². The van der Waals surface area contributed by atoms with E-state index in [0.717, 1.165) is 36.8 Å². The van der Waals surface area contributed by atoms with Gasteiger partial charge in [-0.25, -0.2) is 9.78 Å². The lowest BCUT2D eigenvalue weighted by molar-refractivity contribution is -0.192. The Kier molecular flexibility index (Phi) is 7.68. The van der Waals surface area contributed by atoms with Crippen molar-refractivity contribution in [2.24, 2.45) is 5.92 Å². The van der Waals surface area contributed by atoms with Gasteiger partial charge >= 0.3 is 12.1 Å². The van der Waals surface area contributed by atoms with Crippen molar-refractivity contribution in [3.05, 3.63) is 40.7 Å². The highest BCUT2D eigenvalue weighted by molar-refractivity contribution is 7.09. The van der Waals surface area contributed by atoms with Crippen LogP contribution in [0.1, 0.15) is 23.6 Å². The van der Waals surface area contributed by atoms with E-state index >= 15 is 0 Å². The van der Waals surface area contributed by atoms with Crippen LogP contribution in [-0.4, -0.2) is 58.3 Å². The number of ether oxygens (including phenoxy) is 1. The zero-order valence-corrected chi connectivity index (χ0v) is 17.2. The summed E-state index contributed by atoms with van der Waals surface area (Å²) in [5.41, 5.74) is 0. The number of hydrogen-bond donors (Lipinski definition) is 2. The van der Waals surface area contributed by atoms with E-state index in [9.17, 15) is 18.0 Å². The van der Waals surface area contributed by atoms with E-state index in [1.165, 1.54) is 0 Å². The molecule has 2 N–H and O–H groups in total. The lowest BCUT2D eigenvalue weighted by Gasteiger charge is -2.17. The Morgan fingerprint density at radius 2 is 2.13 bits per heavy atom. The highest BCUT2D eigenvalue weighted by atomic mass is 32.1. The highest BCUT2D eigenvalue weighted by Crippen LogP contribution is 2.34. The molecule has 31 heavy (non-hydrogen) atoms. The van der Waals surface area contributed by atoms with Crippen LogP contribution in [0.5, 0.6) is 0 Å². The summed E-state index contributed by atoms with van der Waals surface area (Å²) in [5.74, 6) is -1.43. The fourth-order valence-electron chi connectivity index (χ4n) is 3.61. The zero-order valence-electron chi connectivity index (χ0n) is 16.4. The van der Waals surface area contributed by atoms with Crippen molar-refractivity contribution >= 4 is 23.2 Å². The molecule has 0 aromatic carbocycles. The normalized spacial score (nSPS) is 23.1. The van der Waals surface area contributed by atoms with E-state index in [0.29, 0.717) is 18.9 Å². The second-order valence-electron chi connectivity index (χ2n) is 7.28. The second kappa shape index (κ2) is 10.2. The highest BCUT2D eigenvalue weighted by Gasteiger charge is 2.42. The van der Waals surface area contributed by atoms with E-state index in [2.05, 4.69) is 15.2 Å². The van der Waals surface area contributed by atoms with Gasteiger partial charge in [0.1, 0.15) is 10.8 Å². The van der Waals surface area contributed by atoms with Gasteiger partial charge in [-0.05, 0) is 18.6 Å². The number of nitrogens with one attached hydrogen (secondary N) is 1. The molecule has 0 spiro atoms. The number of fused-ring (bicyclic) bond motifs is 1. The van der Waals surface area contributed by atoms with Crippen molar-refractivity contribution in [1.82, 2.24) is 15.2 Å². The fourth-order valence-corrected chi connectivity index (χ4v) is 4.27. The SMILES string of the molecule is O=C(C[C@H]1C[C@H]2CN(Cc3nccs3)C[C@H]2O1)NCc1ccco1.O=C(O)C(F)(F)F. The number of furan rings is 1. The largest absolute Gasteiger partial charge is 0.490 e. The maximum atomic E-state index is 12.0. The van der Waals surface area contributed by atoms with E-state index in [-0.39, 0.29) is 18.1 Å². The molecule has 12 heteroatoms. The lowest BCUT2D eigenvalue weighted by Crippen LogP contribution is -2.29. The summed E-state index contributed by atoms with van der Waals surface area (Å²) in [5, 5.41) is 13.2. The molecule has 3 atom stereocenters. The molecule has 0 aliphatic carbocycles. The quantitative estimate of drug-likeness (QED) is 0.682. The Hall–Kier alpha value is -2.44. The number of alkyl halides is 3. The number of carbonyl (C=O) groups is 2. The molecule has 2 aromatic heterocycles. The van der Waals surface area contributed by atoms with E-state index in [4.69, 9.17) is 19.1 Å². The molecule has 0 radical (unpaired) electrons. The molecule has 1 amide bonds. The molecule has 4 rings (SSSR count). The van der Waals surface area contributed by atoms with Gasteiger partial charge in [-0.1, -0.05) is 0 Å². The van der Waals surface area contributed by atoms with Crippen LogP contribution < -0.4 is 5.32 Å². The zero-order chi connectivity index (χ0) is 22.4. The average Bonchev–Trinajstić information content (AvgIpc) is 3.45. The minimum absolute atomic E-state index is 0.0241. The van der Waals surface area contributed by atoms with Crippen LogP contribution in [-0.2, 0) is 27.4 Å². The molecule has 2 aliphatic rings. The smallest absolute Gasteiger partial charge is 0.475 e. The molecule has 2 aromatic rings. The number of nitrogens with zero attached hydrogens (tertiary/aromatic N) is 2. The Balaban J connectivity index is 0.000000339. The lowest BCUT2D eigenvalue weighted by atomic mass is 10.0. The van der Waals surface area contributed by atoms with Crippen molar-refractivity contribution in [1.29, 1.82) is 0 Å². The molecule has 4 heterocycles. The number of halogens is 3. The summed E-state index contributed by atoms with van der Waals surface area (Å²) < 4.78 is 43.0. The van der Waals surface area contributed by atoms with Crippen LogP contribution in [0, 0.1) is 5.92 Å². The maximum Gasteiger partial charge on any atom is 0.490 e. The summed E-state index contributed by atoms with van der Waals surface area (Å²) in [6.45, 7) is 3.32. The average molecular weight is 461 g/mol. The number of thiazole rings is 1. The summed E-state index contributed by atoms with van der Waals surface area (Å²) >= 11 is 1.70.